The van der Waals surface area contributed by atoms with Gasteiger partial charge in [-0.1, -0.05) is 17.7 Å². The largest absolute Gasteiger partial charge is 0.354 e. The first-order chi connectivity index (χ1) is 13.9. The first-order valence-electron chi connectivity index (χ1n) is 8.63. The Morgan fingerprint density at radius 3 is 2.14 bits per heavy atom. The molecule has 3 aromatic rings. The van der Waals surface area contributed by atoms with E-state index in [1.165, 1.54) is 13.4 Å². The molecule has 29 heavy (non-hydrogen) atoms. The maximum atomic E-state index is 12.4. The van der Waals surface area contributed by atoms with Crippen LogP contribution in [0.25, 0.3) is 0 Å². The van der Waals surface area contributed by atoms with Gasteiger partial charge < -0.3 is 20.9 Å². The molecule has 8 nitrogen and oxygen atoms in total. The lowest BCUT2D eigenvalue weighted by molar-refractivity contribution is 0.0943. The summed E-state index contributed by atoms with van der Waals surface area (Å²) in [5, 5.41) is 8.21. The molecule has 0 spiro atoms. The quantitative estimate of drug-likeness (QED) is 0.515. The van der Waals surface area contributed by atoms with E-state index >= 15 is 0 Å². The van der Waals surface area contributed by atoms with E-state index in [2.05, 4.69) is 25.9 Å². The molecule has 0 saturated carbocycles. The van der Waals surface area contributed by atoms with Crippen molar-refractivity contribution in [3.05, 3.63) is 76.3 Å². The molecule has 0 fully saturated rings. The minimum Gasteiger partial charge on any atom is -0.354 e. The zero-order valence-corrected chi connectivity index (χ0v) is 16.4. The average Bonchev–Trinajstić information content (AvgIpc) is 3.19. The van der Waals surface area contributed by atoms with Crippen LogP contribution in [0.5, 0.6) is 0 Å². The van der Waals surface area contributed by atoms with Gasteiger partial charge in [0.15, 0.2) is 5.69 Å². The molecule has 0 aliphatic heterocycles. The number of rotatable bonds is 5. The zero-order chi connectivity index (χ0) is 21.0. The van der Waals surface area contributed by atoms with Gasteiger partial charge in [0.25, 0.3) is 17.7 Å². The lowest BCUT2D eigenvalue weighted by Crippen LogP contribution is -2.23. The molecular formula is C20H18ClN5O3. The van der Waals surface area contributed by atoms with Crippen molar-refractivity contribution >= 4 is 40.7 Å². The summed E-state index contributed by atoms with van der Waals surface area (Å²) in [4.78, 5) is 43.0. The fourth-order valence-electron chi connectivity index (χ4n) is 2.59. The molecule has 0 unspecified atom stereocenters. The maximum absolute atomic E-state index is 12.4. The van der Waals surface area contributed by atoms with E-state index in [0.29, 0.717) is 22.0 Å². The van der Waals surface area contributed by atoms with Gasteiger partial charge in [-0.25, -0.2) is 4.98 Å². The highest BCUT2D eigenvalue weighted by Crippen LogP contribution is 2.20. The van der Waals surface area contributed by atoms with Gasteiger partial charge in [0.05, 0.1) is 16.9 Å². The number of aryl methyl sites for hydroxylation is 1. The van der Waals surface area contributed by atoms with Gasteiger partial charge in [0.1, 0.15) is 5.69 Å². The minimum absolute atomic E-state index is 0.0178. The van der Waals surface area contributed by atoms with E-state index in [9.17, 15) is 14.4 Å². The first kappa shape index (κ1) is 20.1. The van der Waals surface area contributed by atoms with Gasteiger partial charge in [-0.2, -0.15) is 0 Å². The van der Waals surface area contributed by atoms with Gasteiger partial charge in [0.2, 0.25) is 0 Å². The van der Waals surface area contributed by atoms with Crippen molar-refractivity contribution < 1.29 is 14.4 Å². The third-order valence-corrected chi connectivity index (χ3v) is 4.39. The van der Waals surface area contributed by atoms with Crippen LogP contribution in [0.1, 0.15) is 36.9 Å². The smallest absolute Gasteiger partial charge is 0.276 e. The Bertz CT molecular complexity index is 1080. The Kier molecular flexibility index (Phi) is 5.94. The molecular weight excluding hydrogens is 394 g/mol. The summed E-state index contributed by atoms with van der Waals surface area (Å²) in [7, 11) is 1.46. The van der Waals surface area contributed by atoms with Gasteiger partial charge in [0, 0.05) is 18.4 Å². The second-order valence-corrected chi connectivity index (χ2v) is 6.58. The summed E-state index contributed by atoms with van der Waals surface area (Å²) >= 11 is 6.12. The SMILES string of the molecule is CNC(=O)c1[nH]cnc1C(=O)Nc1ccc(NC(=O)c2ccc(C)cc2Cl)cc1. The van der Waals surface area contributed by atoms with Crippen molar-refractivity contribution in [2.75, 3.05) is 17.7 Å². The van der Waals surface area contributed by atoms with Gasteiger partial charge in [-0.05, 0) is 48.9 Å². The summed E-state index contributed by atoms with van der Waals surface area (Å²) in [6, 6.07) is 11.7. The number of nitrogens with one attached hydrogen (secondary N) is 4. The van der Waals surface area contributed by atoms with E-state index in [0.717, 1.165) is 5.56 Å². The van der Waals surface area contributed by atoms with Crippen LogP contribution in [0.3, 0.4) is 0 Å². The van der Waals surface area contributed by atoms with Crippen molar-refractivity contribution in [3.8, 4) is 0 Å². The minimum atomic E-state index is -0.534. The predicted octanol–water partition coefficient (Wildman–Crippen LogP) is 3.24. The number of H-pyrrole nitrogens is 1. The van der Waals surface area contributed by atoms with Crippen molar-refractivity contribution in [3.63, 3.8) is 0 Å². The molecule has 4 N–H and O–H groups in total. The topological polar surface area (TPSA) is 116 Å². The molecule has 148 valence electrons. The normalized spacial score (nSPS) is 10.3. The summed E-state index contributed by atoms with van der Waals surface area (Å²) in [6.07, 6.45) is 1.27. The summed E-state index contributed by atoms with van der Waals surface area (Å²) in [5.41, 5.74) is 2.40. The van der Waals surface area contributed by atoms with Crippen LogP contribution in [-0.2, 0) is 0 Å². The number of amides is 3. The summed E-state index contributed by atoms with van der Waals surface area (Å²) < 4.78 is 0. The Morgan fingerprint density at radius 1 is 0.931 bits per heavy atom. The number of nitrogens with zero attached hydrogens (tertiary/aromatic N) is 1. The van der Waals surface area contributed by atoms with E-state index in [1.54, 1.807) is 36.4 Å². The molecule has 1 heterocycles. The molecule has 0 aliphatic carbocycles. The highest BCUT2D eigenvalue weighted by atomic mass is 35.5. The summed E-state index contributed by atoms with van der Waals surface area (Å²) in [5.74, 6) is -1.31. The number of hydrogen-bond acceptors (Lipinski definition) is 4. The number of benzene rings is 2. The number of imidazole rings is 1. The lowest BCUT2D eigenvalue weighted by atomic mass is 10.1. The van der Waals surface area contributed by atoms with Crippen molar-refractivity contribution in [1.29, 1.82) is 0 Å². The van der Waals surface area contributed by atoms with Crippen LogP contribution in [0.2, 0.25) is 5.02 Å². The highest BCUT2D eigenvalue weighted by molar-refractivity contribution is 6.34. The van der Waals surface area contributed by atoms with E-state index < -0.39 is 11.8 Å². The van der Waals surface area contributed by atoms with Crippen LogP contribution in [0.15, 0.2) is 48.8 Å². The average molecular weight is 412 g/mol. The Morgan fingerprint density at radius 2 is 1.55 bits per heavy atom. The van der Waals surface area contributed by atoms with E-state index in [4.69, 9.17) is 11.6 Å². The van der Waals surface area contributed by atoms with Crippen molar-refractivity contribution in [2.45, 2.75) is 6.92 Å². The molecule has 3 amide bonds. The Labute approximate surface area is 171 Å². The molecule has 0 atom stereocenters. The molecule has 1 aromatic heterocycles. The van der Waals surface area contributed by atoms with Crippen molar-refractivity contribution in [2.24, 2.45) is 0 Å². The number of carbonyl (C=O) groups is 3. The molecule has 3 rings (SSSR count). The molecule has 0 aliphatic rings. The summed E-state index contributed by atoms with van der Waals surface area (Å²) in [6.45, 7) is 1.89. The van der Waals surface area contributed by atoms with E-state index in [1.807, 2.05) is 13.0 Å². The Balaban J connectivity index is 1.67. The monoisotopic (exact) mass is 411 g/mol. The molecule has 9 heteroatoms. The molecule has 0 radical (unpaired) electrons. The second kappa shape index (κ2) is 8.57. The maximum Gasteiger partial charge on any atom is 0.276 e. The fraction of sp³-hybridized carbons (Fsp3) is 0.100. The number of aromatic amines is 1. The predicted molar refractivity (Wildman–Crippen MR) is 111 cm³/mol. The number of anilines is 2. The van der Waals surface area contributed by atoms with Crippen LogP contribution in [0.4, 0.5) is 11.4 Å². The standard InChI is InChI=1S/C20H18ClN5O3/c1-11-3-8-14(15(21)9-11)18(27)25-12-4-6-13(7-5-12)26-20(29)17-16(19(28)22-2)23-10-24-17/h3-10H,1-2H3,(H,22,28)(H,23,24)(H,25,27)(H,26,29). The third kappa shape index (κ3) is 4.61. The van der Waals surface area contributed by atoms with E-state index in [-0.39, 0.29) is 17.3 Å². The zero-order valence-electron chi connectivity index (χ0n) is 15.7. The highest BCUT2D eigenvalue weighted by Gasteiger charge is 2.19. The lowest BCUT2D eigenvalue weighted by Gasteiger charge is -2.09. The molecule has 0 bridgehead atoms. The number of halogens is 1. The molecule has 2 aromatic carbocycles. The second-order valence-electron chi connectivity index (χ2n) is 6.17. The first-order valence-corrected chi connectivity index (χ1v) is 9.01. The number of carbonyl (C=O) groups excluding carboxylic acids is 3. The molecule has 0 saturated heterocycles. The Hall–Kier alpha value is -3.65. The van der Waals surface area contributed by atoms with Crippen LogP contribution in [-0.4, -0.2) is 34.7 Å². The van der Waals surface area contributed by atoms with Crippen LogP contribution < -0.4 is 16.0 Å². The third-order valence-electron chi connectivity index (χ3n) is 4.08. The number of aromatic nitrogens is 2. The van der Waals surface area contributed by atoms with Crippen LogP contribution >= 0.6 is 11.6 Å². The van der Waals surface area contributed by atoms with Gasteiger partial charge in [-0.3, -0.25) is 14.4 Å². The fourth-order valence-corrected chi connectivity index (χ4v) is 2.92. The van der Waals surface area contributed by atoms with Crippen LogP contribution in [0, 0.1) is 6.92 Å². The van der Waals surface area contributed by atoms with Crippen molar-refractivity contribution in [1.82, 2.24) is 15.3 Å². The van der Waals surface area contributed by atoms with Gasteiger partial charge >= 0.3 is 0 Å². The van der Waals surface area contributed by atoms with Gasteiger partial charge in [-0.15, -0.1) is 0 Å². The number of hydrogen-bond donors (Lipinski definition) is 4.